The SMILES string of the molecule is Cc1sc2c(c1C)C(c1ccc(N3CCC(N4CCC(c5ccc([C@@H]6c7ccc8n[nH]cc8c7C[C@@H](C)N6CC(F)(F)F)nc5)CC4)C3)cc1)=N[C@@H](C)c1nnc(C)n1-2. The quantitative estimate of drug-likeness (QED) is 0.180. The summed E-state index contributed by atoms with van der Waals surface area (Å²) in [5.74, 6) is 2.14. The largest absolute Gasteiger partial charge is 0.401 e. The molecule has 59 heavy (non-hydrogen) atoms. The second kappa shape index (κ2) is 14.7. The van der Waals surface area contributed by atoms with Gasteiger partial charge in [0.1, 0.15) is 16.9 Å². The van der Waals surface area contributed by atoms with E-state index in [9.17, 15) is 13.2 Å². The zero-order valence-electron chi connectivity index (χ0n) is 34.1. The molecule has 0 saturated carbocycles. The molecule has 0 spiro atoms. The van der Waals surface area contributed by atoms with Gasteiger partial charge in [0.25, 0.3) is 0 Å². The molecule has 0 bridgehead atoms. The van der Waals surface area contributed by atoms with E-state index >= 15 is 0 Å². The minimum Gasteiger partial charge on any atom is -0.370 e. The van der Waals surface area contributed by atoms with Crippen molar-refractivity contribution in [1.29, 1.82) is 0 Å². The minimum atomic E-state index is -4.32. The number of aromatic nitrogens is 6. The lowest BCUT2D eigenvalue weighted by molar-refractivity contribution is -0.155. The van der Waals surface area contributed by atoms with Crippen LogP contribution in [-0.4, -0.2) is 96.4 Å². The molecule has 4 aliphatic rings. The molecule has 2 saturated heterocycles. The van der Waals surface area contributed by atoms with E-state index in [2.05, 4.69) is 85.9 Å². The fraction of sp³-hybridized carbons (Fsp3) is 0.444. The highest BCUT2D eigenvalue weighted by molar-refractivity contribution is 7.15. The Kier molecular flexibility index (Phi) is 9.52. The van der Waals surface area contributed by atoms with Crippen LogP contribution in [0.15, 0.2) is 65.9 Å². The number of rotatable bonds is 6. The lowest BCUT2D eigenvalue weighted by Crippen LogP contribution is -2.47. The van der Waals surface area contributed by atoms with Crippen LogP contribution in [0.3, 0.4) is 0 Å². The number of thiophene rings is 1. The van der Waals surface area contributed by atoms with Crippen LogP contribution in [0.2, 0.25) is 0 Å². The molecule has 10 nitrogen and oxygen atoms in total. The molecule has 6 aromatic rings. The Morgan fingerprint density at radius 1 is 0.915 bits per heavy atom. The molecule has 0 amide bonds. The molecule has 4 aliphatic heterocycles. The fourth-order valence-corrected chi connectivity index (χ4v) is 11.4. The topological polar surface area (TPSA) is 94.4 Å². The van der Waals surface area contributed by atoms with Gasteiger partial charge in [0, 0.05) is 64.6 Å². The number of aryl methyl sites for hydroxylation is 2. The van der Waals surface area contributed by atoms with Crippen molar-refractivity contribution in [3.05, 3.63) is 117 Å². The molecule has 4 atom stereocenters. The van der Waals surface area contributed by atoms with Gasteiger partial charge in [0.2, 0.25) is 0 Å². The Labute approximate surface area is 346 Å². The van der Waals surface area contributed by atoms with Crippen LogP contribution in [0.1, 0.15) is 107 Å². The number of hydrogen-bond donors (Lipinski definition) is 1. The first kappa shape index (κ1) is 38.3. The molecule has 0 radical (unpaired) electrons. The number of likely N-dealkylation sites (tertiary alicyclic amines) is 1. The van der Waals surface area contributed by atoms with E-state index in [-0.39, 0.29) is 12.1 Å². The molecular weight excluding hydrogens is 770 g/mol. The molecule has 1 unspecified atom stereocenters. The predicted octanol–water partition coefficient (Wildman–Crippen LogP) is 8.79. The normalized spacial score (nSPS) is 23.0. The Morgan fingerprint density at radius 2 is 1.71 bits per heavy atom. The van der Waals surface area contributed by atoms with E-state index in [0.29, 0.717) is 24.1 Å². The smallest absolute Gasteiger partial charge is 0.370 e. The number of aliphatic imine (C=N–C) groups is 1. The van der Waals surface area contributed by atoms with Crippen molar-refractivity contribution >= 4 is 33.6 Å². The number of fused-ring (bicyclic) bond motifs is 6. The fourth-order valence-electron chi connectivity index (χ4n) is 10.2. The van der Waals surface area contributed by atoms with Crippen molar-refractivity contribution in [1.82, 2.24) is 39.7 Å². The third kappa shape index (κ3) is 6.77. The molecule has 8 heterocycles. The third-order valence-corrected chi connectivity index (χ3v) is 14.6. The van der Waals surface area contributed by atoms with Crippen LogP contribution in [0, 0.1) is 20.8 Å². The van der Waals surface area contributed by atoms with Gasteiger partial charge in [0.15, 0.2) is 5.82 Å². The second-order valence-electron chi connectivity index (χ2n) is 17.0. The monoisotopic (exact) mass is 818 g/mol. The maximum absolute atomic E-state index is 13.9. The predicted molar refractivity (Wildman–Crippen MR) is 226 cm³/mol. The first-order valence-electron chi connectivity index (χ1n) is 20.8. The molecule has 306 valence electrons. The van der Waals surface area contributed by atoms with E-state index in [4.69, 9.17) is 9.98 Å². The summed E-state index contributed by atoms with van der Waals surface area (Å²) in [6.07, 6.45) is 3.18. The number of halogens is 3. The van der Waals surface area contributed by atoms with Crippen LogP contribution in [-0.2, 0) is 6.42 Å². The average molecular weight is 819 g/mol. The maximum atomic E-state index is 13.9. The van der Waals surface area contributed by atoms with E-state index in [0.717, 1.165) is 95.4 Å². The molecule has 2 aromatic carbocycles. The Bertz CT molecular complexity index is 2550. The summed E-state index contributed by atoms with van der Waals surface area (Å²) in [7, 11) is 0. The third-order valence-electron chi connectivity index (χ3n) is 13.4. The number of piperidine rings is 1. The number of aromatic amines is 1. The van der Waals surface area contributed by atoms with Crippen molar-refractivity contribution in [3.8, 4) is 5.00 Å². The number of nitrogens with one attached hydrogen (secondary N) is 1. The van der Waals surface area contributed by atoms with Gasteiger partial charge in [-0.15, -0.1) is 21.5 Å². The highest BCUT2D eigenvalue weighted by atomic mass is 32.1. The van der Waals surface area contributed by atoms with Crippen LogP contribution >= 0.6 is 11.3 Å². The summed E-state index contributed by atoms with van der Waals surface area (Å²) in [6.45, 7) is 13.4. The lowest BCUT2D eigenvalue weighted by atomic mass is 9.84. The average Bonchev–Trinajstić information content (AvgIpc) is 4.03. The first-order valence-corrected chi connectivity index (χ1v) is 21.7. The lowest BCUT2D eigenvalue weighted by Gasteiger charge is -2.42. The van der Waals surface area contributed by atoms with Crippen molar-refractivity contribution < 1.29 is 13.2 Å². The summed E-state index contributed by atoms with van der Waals surface area (Å²) in [5.41, 5.74) is 10.4. The van der Waals surface area contributed by atoms with Crippen LogP contribution in [0.4, 0.5) is 18.9 Å². The summed E-state index contributed by atoms with van der Waals surface area (Å²) in [5, 5.41) is 18.3. The number of benzene rings is 2. The molecule has 14 heteroatoms. The number of anilines is 1. The van der Waals surface area contributed by atoms with Crippen molar-refractivity contribution in [3.63, 3.8) is 0 Å². The number of pyridine rings is 1. The number of H-pyrrole nitrogens is 1. The summed E-state index contributed by atoms with van der Waals surface area (Å²) >= 11 is 1.78. The number of hydrogen-bond acceptors (Lipinski definition) is 9. The van der Waals surface area contributed by atoms with Crippen LogP contribution in [0.25, 0.3) is 15.9 Å². The van der Waals surface area contributed by atoms with Gasteiger partial charge in [-0.25, -0.2) is 0 Å². The van der Waals surface area contributed by atoms with E-state index in [1.807, 2.05) is 44.4 Å². The van der Waals surface area contributed by atoms with Crippen LogP contribution < -0.4 is 4.90 Å². The maximum Gasteiger partial charge on any atom is 0.401 e. The Morgan fingerprint density at radius 3 is 2.46 bits per heavy atom. The van der Waals surface area contributed by atoms with Gasteiger partial charge >= 0.3 is 6.18 Å². The van der Waals surface area contributed by atoms with E-state index in [1.54, 1.807) is 16.2 Å². The van der Waals surface area contributed by atoms with Gasteiger partial charge in [-0.05, 0) is 126 Å². The second-order valence-corrected chi connectivity index (χ2v) is 18.2. The highest BCUT2D eigenvalue weighted by Crippen LogP contribution is 2.43. The zero-order chi connectivity index (χ0) is 40.7. The number of nitrogens with zero attached hydrogens (tertiary/aromatic N) is 9. The summed E-state index contributed by atoms with van der Waals surface area (Å²) in [6, 6.07) is 16.4. The van der Waals surface area contributed by atoms with Gasteiger partial charge in [-0.3, -0.25) is 29.4 Å². The van der Waals surface area contributed by atoms with E-state index in [1.165, 1.54) is 27.3 Å². The minimum absolute atomic E-state index is 0.111. The standard InChI is InChI=1S/C45H49F3N10S/c1-25-20-36-35(11-13-38-37(36)22-50-53-38)42(57(25)24-45(46,47)48)39-12-8-32(21-49-39)30-14-17-55(18-15-30)34-16-19-56(23-34)33-9-6-31(7-10-33)41-40-26(2)28(4)59-44(40)58-29(5)52-54-43(58)27(3)51-41/h6-13,21-22,25,27,30,34,42H,14-20,23-24H2,1-5H3,(H,50,53)/t25-,27+,34?,42+/m1/s1. The van der Waals surface area contributed by atoms with Crippen molar-refractivity contribution in [2.75, 3.05) is 37.6 Å². The molecule has 0 aliphatic carbocycles. The van der Waals surface area contributed by atoms with E-state index < -0.39 is 18.8 Å². The molecule has 1 N–H and O–H groups in total. The highest BCUT2D eigenvalue weighted by Gasteiger charge is 2.42. The molecular formula is C45H49F3N10S. The zero-order valence-corrected chi connectivity index (χ0v) is 34.9. The van der Waals surface area contributed by atoms with Crippen LogP contribution in [0.5, 0.6) is 0 Å². The number of alkyl halides is 3. The molecule has 4 aromatic heterocycles. The Hall–Kier alpha value is -4.92. The summed E-state index contributed by atoms with van der Waals surface area (Å²) in [4.78, 5) is 18.2. The molecule has 2 fully saturated rings. The summed E-state index contributed by atoms with van der Waals surface area (Å²) < 4.78 is 44.0. The Balaban J connectivity index is 0.803. The molecule has 10 rings (SSSR count). The first-order chi connectivity index (χ1) is 28.4. The van der Waals surface area contributed by atoms with Crippen molar-refractivity contribution in [2.24, 2.45) is 4.99 Å². The van der Waals surface area contributed by atoms with Gasteiger partial charge in [0.05, 0.1) is 29.5 Å². The van der Waals surface area contributed by atoms with Gasteiger partial charge in [-0.1, -0.05) is 24.3 Å². The van der Waals surface area contributed by atoms with Crippen molar-refractivity contribution in [2.45, 2.75) is 96.6 Å². The van der Waals surface area contributed by atoms with Gasteiger partial charge in [-0.2, -0.15) is 18.3 Å². The van der Waals surface area contributed by atoms with Gasteiger partial charge < -0.3 is 4.90 Å².